The molecule has 1 aliphatic heterocycles. The van der Waals surface area contributed by atoms with E-state index in [1.807, 2.05) is 61.5 Å². The van der Waals surface area contributed by atoms with Crippen LogP contribution in [-0.4, -0.2) is 36.1 Å². The summed E-state index contributed by atoms with van der Waals surface area (Å²) >= 11 is 1.32. The summed E-state index contributed by atoms with van der Waals surface area (Å²) in [4.78, 5) is 32.6. The van der Waals surface area contributed by atoms with E-state index in [-0.39, 0.29) is 18.2 Å². The van der Waals surface area contributed by atoms with Crippen LogP contribution in [0.1, 0.15) is 33.4 Å². The van der Waals surface area contributed by atoms with Gasteiger partial charge < -0.3 is 9.47 Å². The van der Waals surface area contributed by atoms with Gasteiger partial charge in [-0.2, -0.15) is 0 Å². The Labute approximate surface area is 185 Å². The molecule has 0 aliphatic carbocycles. The van der Waals surface area contributed by atoms with Crippen molar-refractivity contribution in [1.82, 2.24) is 4.98 Å². The van der Waals surface area contributed by atoms with Gasteiger partial charge in [0.2, 0.25) is 0 Å². The molecule has 0 saturated heterocycles. The third-order valence-electron chi connectivity index (χ3n) is 5.14. The van der Waals surface area contributed by atoms with Gasteiger partial charge in [-0.3, -0.25) is 9.69 Å². The number of fused-ring (bicyclic) bond motifs is 1. The van der Waals surface area contributed by atoms with Gasteiger partial charge in [0.05, 0.1) is 6.61 Å². The number of hydrogen-bond acceptors (Lipinski definition) is 6. The molecule has 4 rings (SSSR count). The van der Waals surface area contributed by atoms with Gasteiger partial charge in [0.15, 0.2) is 16.9 Å². The molecule has 3 aromatic rings. The monoisotopic (exact) mass is 436 g/mol. The number of rotatable bonds is 7. The lowest BCUT2D eigenvalue weighted by Crippen LogP contribution is -2.42. The van der Waals surface area contributed by atoms with Crippen molar-refractivity contribution in [3.05, 3.63) is 76.3 Å². The number of para-hydroxylation sites is 1. The van der Waals surface area contributed by atoms with Crippen LogP contribution >= 0.6 is 11.3 Å². The normalized spacial score (nSPS) is 14.6. The van der Waals surface area contributed by atoms with E-state index in [1.165, 1.54) is 11.3 Å². The molecule has 2 aromatic carbocycles. The second-order valence-corrected chi connectivity index (χ2v) is 8.45. The van der Waals surface area contributed by atoms with Gasteiger partial charge in [-0.15, -0.1) is 11.3 Å². The minimum atomic E-state index is -0.608. The molecule has 0 saturated carbocycles. The van der Waals surface area contributed by atoms with E-state index in [4.69, 9.17) is 9.47 Å². The van der Waals surface area contributed by atoms with Crippen molar-refractivity contribution in [3.63, 3.8) is 0 Å². The van der Waals surface area contributed by atoms with Crippen molar-refractivity contribution in [3.8, 4) is 5.75 Å². The maximum absolute atomic E-state index is 13.5. The second-order valence-electron chi connectivity index (χ2n) is 7.27. The summed E-state index contributed by atoms with van der Waals surface area (Å²) in [5.74, 6) is 0.116. The fourth-order valence-electron chi connectivity index (χ4n) is 3.57. The second kappa shape index (κ2) is 9.31. The number of aryl methyl sites for hydroxylation is 1. The number of carbonyl (C=O) groups is 2. The molecule has 0 spiro atoms. The van der Waals surface area contributed by atoms with Crippen LogP contribution in [-0.2, 0) is 22.4 Å². The summed E-state index contributed by atoms with van der Waals surface area (Å²) in [7, 11) is 0. The molecule has 160 valence electrons. The maximum atomic E-state index is 13.5. The Morgan fingerprint density at radius 2 is 1.90 bits per heavy atom. The zero-order valence-corrected chi connectivity index (χ0v) is 18.4. The number of benzene rings is 2. The SMILES string of the molecule is CCOC(=O)c1nc(N(CCc2ccccc2)C(=O)[C@@H]2Cc3ccccc3O2)sc1C. The van der Waals surface area contributed by atoms with Crippen molar-refractivity contribution in [2.75, 3.05) is 18.1 Å². The van der Waals surface area contributed by atoms with Gasteiger partial charge in [-0.25, -0.2) is 9.78 Å². The van der Waals surface area contributed by atoms with Crippen LogP contribution in [0.15, 0.2) is 54.6 Å². The Morgan fingerprint density at radius 1 is 1.16 bits per heavy atom. The van der Waals surface area contributed by atoms with Crippen LogP contribution in [0.5, 0.6) is 5.75 Å². The number of carbonyl (C=O) groups excluding carboxylic acids is 2. The van der Waals surface area contributed by atoms with Gasteiger partial charge in [-0.1, -0.05) is 48.5 Å². The summed E-state index contributed by atoms with van der Waals surface area (Å²) in [6.45, 7) is 4.28. The van der Waals surface area contributed by atoms with E-state index in [2.05, 4.69) is 4.98 Å². The molecule has 0 unspecified atom stereocenters. The molecular formula is C24H24N2O4S. The van der Waals surface area contributed by atoms with Gasteiger partial charge >= 0.3 is 5.97 Å². The lowest BCUT2D eigenvalue weighted by Gasteiger charge is -2.23. The summed E-state index contributed by atoms with van der Waals surface area (Å²) in [6.07, 6.45) is 0.578. The largest absolute Gasteiger partial charge is 0.480 e. The predicted octanol–water partition coefficient (Wildman–Crippen LogP) is 4.21. The highest BCUT2D eigenvalue weighted by molar-refractivity contribution is 7.16. The molecule has 1 atom stereocenters. The van der Waals surface area contributed by atoms with E-state index < -0.39 is 12.1 Å². The third-order valence-corrected chi connectivity index (χ3v) is 6.13. The van der Waals surface area contributed by atoms with Crippen LogP contribution in [0, 0.1) is 6.92 Å². The highest BCUT2D eigenvalue weighted by atomic mass is 32.1. The Bertz CT molecular complexity index is 1060. The minimum Gasteiger partial charge on any atom is -0.480 e. The molecule has 2 heterocycles. The van der Waals surface area contributed by atoms with Crippen LogP contribution in [0.4, 0.5) is 5.13 Å². The number of amides is 1. The van der Waals surface area contributed by atoms with Gasteiger partial charge in [-0.05, 0) is 37.5 Å². The zero-order chi connectivity index (χ0) is 21.8. The Balaban J connectivity index is 1.59. The van der Waals surface area contributed by atoms with Gasteiger partial charge in [0.1, 0.15) is 5.75 Å². The van der Waals surface area contributed by atoms with Gasteiger partial charge in [0.25, 0.3) is 5.91 Å². The number of ether oxygens (including phenoxy) is 2. The molecule has 1 amide bonds. The lowest BCUT2D eigenvalue weighted by atomic mass is 10.1. The molecule has 0 bridgehead atoms. The van der Waals surface area contributed by atoms with Crippen LogP contribution in [0.3, 0.4) is 0 Å². The van der Waals surface area contributed by atoms with Gasteiger partial charge in [0, 0.05) is 17.8 Å². The fraction of sp³-hybridized carbons (Fsp3) is 0.292. The number of nitrogens with zero attached hydrogens (tertiary/aromatic N) is 2. The molecule has 1 aliphatic rings. The molecule has 0 fully saturated rings. The number of esters is 1. The predicted molar refractivity (Wildman–Crippen MR) is 120 cm³/mol. The van der Waals surface area contributed by atoms with Crippen LogP contribution in [0.2, 0.25) is 0 Å². The lowest BCUT2D eigenvalue weighted by molar-refractivity contribution is -0.124. The first-order valence-corrected chi connectivity index (χ1v) is 11.1. The average Bonchev–Trinajstić information content (AvgIpc) is 3.38. The minimum absolute atomic E-state index is 0.156. The van der Waals surface area contributed by atoms with Crippen molar-refractivity contribution in [2.45, 2.75) is 32.8 Å². The molecule has 0 N–H and O–H groups in total. The first kappa shape index (κ1) is 21.1. The molecular weight excluding hydrogens is 412 g/mol. The van der Waals surface area contributed by atoms with Crippen LogP contribution < -0.4 is 9.64 Å². The topological polar surface area (TPSA) is 68.7 Å². The maximum Gasteiger partial charge on any atom is 0.358 e. The summed E-state index contributed by atoms with van der Waals surface area (Å²) < 4.78 is 11.1. The molecule has 7 heteroatoms. The Kier molecular flexibility index (Phi) is 6.32. The molecule has 6 nitrogen and oxygen atoms in total. The summed E-state index contributed by atoms with van der Waals surface area (Å²) in [5, 5.41) is 0.487. The van der Waals surface area contributed by atoms with E-state index in [0.29, 0.717) is 24.5 Å². The number of hydrogen-bond donors (Lipinski definition) is 0. The average molecular weight is 437 g/mol. The number of anilines is 1. The summed E-state index contributed by atoms with van der Waals surface area (Å²) in [5.41, 5.74) is 2.40. The molecule has 1 aromatic heterocycles. The van der Waals surface area contributed by atoms with E-state index in [0.717, 1.165) is 21.8 Å². The third kappa shape index (κ3) is 4.61. The first-order chi connectivity index (χ1) is 15.1. The highest BCUT2D eigenvalue weighted by Gasteiger charge is 2.34. The smallest absolute Gasteiger partial charge is 0.358 e. The fourth-order valence-corrected chi connectivity index (χ4v) is 4.49. The van der Waals surface area contributed by atoms with Crippen molar-refractivity contribution in [2.24, 2.45) is 0 Å². The van der Waals surface area contributed by atoms with E-state index in [1.54, 1.807) is 11.8 Å². The van der Waals surface area contributed by atoms with Crippen molar-refractivity contribution < 1.29 is 19.1 Å². The quantitative estimate of drug-likeness (QED) is 0.519. The van der Waals surface area contributed by atoms with Crippen molar-refractivity contribution in [1.29, 1.82) is 0 Å². The number of thiazole rings is 1. The standard InChI is InChI=1S/C24H24N2O4S/c1-3-29-23(28)21-16(2)31-24(25-21)26(14-13-17-9-5-4-6-10-17)22(27)20-15-18-11-7-8-12-19(18)30-20/h4-12,20H,3,13-15H2,1-2H3/t20-/m0/s1. The number of aromatic nitrogens is 1. The Morgan fingerprint density at radius 3 is 2.65 bits per heavy atom. The van der Waals surface area contributed by atoms with E-state index >= 15 is 0 Å². The zero-order valence-electron chi connectivity index (χ0n) is 17.5. The summed E-state index contributed by atoms with van der Waals surface area (Å²) in [6, 6.07) is 17.7. The highest BCUT2D eigenvalue weighted by Crippen LogP contribution is 2.32. The first-order valence-electron chi connectivity index (χ1n) is 10.3. The molecule has 31 heavy (non-hydrogen) atoms. The van der Waals surface area contributed by atoms with E-state index in [9.17, 15) is 9.59 Å². The van der Waals surface area contributed by atoms with Crippen molar-refractivity contribution >= 4 is 28.3 Å². The Hall–Kier alpha value is -3.19. The molecule has 0 radical (unpaired) electrons. The van der Waals surface area contributed by atoms with Crippen LogP contribution in [0.25, 0.3) is 0 Å².